The smallest absolute Gasteiger partial charge is 0.261 e. The van der Waals surface area contributed by atoms with Gasteiger partial charge in [-0.25, -0.2) is 4.39 Å². The number of benzene rings is 2. The van der Waals surface area contributed by atoms with Crippen LogP contribution in [0.3, 0.4) is 0 Å². The van der Waals surface area contributed by atoms with Crippen molar-refractivity contribution in [3.63, 3.8) is 0 Å². The van der Waals surface area contributed by atoms with Gasteiger partial charge >= 0.3 is 0 Å². The molecule has 1 N–H and O–H groups in total. The number of nitrogens with zero attached hydrogens (tertiary/aromatic N) is 1. The van der Waals surface area contributed by atoms with E-state index in [0.717, 1.165) is 12.0 Å². The Morgan fingerprint density at radius 2 is 1.84 bits per heavy atom. The number of carbonyl (C=O) groups excluding carboxylic acids is 2. The minimum Gasteiger partial charge on any atom is -0.497 e. The van der Waals surface area contributed by atoms with Gasteiger partial charge in [0.2, 0.25) is 5.91 Å². The second-order valence-electron chi connectivity index (χ2n) is 7.33. The zero-order valence-electron chi connectivity index (χ0n) is 18.6. The first-order valence-corrected chi connectivity index (χ1v) is 10.5. The average molecular weight is 431 g/mol. The minimum absolute atomic E-state index is 0.00529. The summed E-state index contributed by atoms with van der Waals surface area (Å²) >= 11 is 0. The third kappa shape index (κ3) is 6.98. The molecule has 7 heteroatoms. The van der Waals surface area contributed by atoms with Gasteiger partial charge in [-0.1, -0.05) is 38.1 Å². The SMILES string of the molecule is CC[C@@H](C)NC(=O)[C@H](CC)N(Cc1cccc(OC)c1)C(=O)COc1ccccc1F. The first kappa shape index (κ1) is 24.2. The van der Waals surface area contributed by atoms with E-state index in [-0.39, 0.29) is 30.9 Å². The maximum atomic E-state index is 13.9. The molecule has 0 bridgehead atoms. The van der Waals surface area contributed by atoms with Gasteiger partial charge in [0.05, 0.1) is 7.11 Å². The molecule has 0 radical (unpaired) electrons. The molecule has 2 aromatic carbocycles. The summed E-state index contributed by atoms with van der Waals surface area (Å²) in [4.78, 5) is 27.5. The zero-order valence-corrected chi connectivity index (χ0v) is 18.6. The summed E-state index contributed by atoms with van der Waals surface area (Å²) in [5.41, 5.74) is 0.813. The fourth-order valence-corrected chi connectivity index (χ4v) is 3.11. The lowest BCUT2D eigenvalue weighted by Crippen LogP contribution is -2.51. The Hall–Kier alpha value is -3.09. The van der Waals surface area contributed by atoms with Crippen LogP contribution < -0.4 is 14.8 Å². The Morgan fingerprint density at radius 1 is 1.10 bits per heavy atom. The fraction of sp³-hybridized carbons (Fsp3) is 0.417. The van der Waals surface area contributed by atoms with Crippen LogP contribution in [-0.2, 0) is 16.1 Å². The molecule has 168 valence electrons. The molecular weight excluding hydrogens is 399 g/mol. The van der Waals surface area contributed by atoms with Crippen molar-refractivity contribution >= 4 is 11.8 Å². The van der Waals surface area contributed by atoms with Gasteiger partial charge in [0.1, 0.15) is 11.8 Å². The van der Waals surface area contributed by atoms with Gasteiger partial charge in [-0.2, -0.15) is 0 Å². The Kier molecular flexibility index (Phi) is 9.31. The van der Waals surface area contributed by atoms with Gasteiger partial charge in [0.15, 0.2) is 18.2 Å². The maximum Gasteiger partial charge on any atom is 0.261 e. The Morgan fingerprint density at radius 3 is 2.48 bits per heavy atom. The first-order chi connectivity index (χ1) is 14.9. The van der Waals surface area contributed by atoms with Crippen LogP contribution in [0, 0.1) is 5.82 Å². The van der Waals surface area contributed by atoms with E-state index in [1.807, 2.05) is 45.0 Å². The van der Waals surface area contributed by atoms with Crippen LogP contribution >= 0.6 is 0 Å². The summed E-state index contributed by atoms with van der Waals surface area (Å²) in [5.74, 6) is -0.522. The van der Waals surface area contributed by atoms with Crippen molar-refractivity contribution in [2.24, 2.45) is 0 Å². The third-order valence-corrected chi connectivity index (χ3v) is 5.06. The van der Waals surface area contributed by atoms with E-state index in [1.54, 1.807) is 19.2 Å². The minimum atomic E-state index is -0.683. The second-order valence-corrected chi connectivity index (χ2v) is 7.33. The van der Waals surface area contributed by atoms with Crippen LogP contribution in [0.15, 0.2) is 48.5 Å². The van der Waals surface area contributed by atoms with Crippen molar-refractivity contribution in [3.8, 4) is 11.5 Å². The van der Waals surface area contributed by atoms with E-state index in [9.17, 15) is 14.0 Å². The molecule has 2 amide bonds. The summed E-state index contributed by atoms with van der Waals surface area (Å²) in [5, 5.41) is 2.95. The van der Waals surface area contributed by atoms with Crippen LogP contribution in [0.5, 0.6) is 11.5 Å². The zero-order chi connectivity index (χ0) is 22.8. The summed E-state index contributed by atoms with van der Waals surface area (Å²) in [6, 6.07) is 12.5. The van der Waals surface area contributed by atoms with Gasteiger partial charge < -0.3 is 19.7 Å². The molecule has 2 rings (SSSR count). The molecule has 2 aromatic rings. The number of halogens is 1. The molecule has 0 unspecified atom stereocenters. The molecular formula is C24H31FN2O4. The molecule has 0 fully saturated rings. The van der Waals surface area contributed by atoms with Crippen LogP contribution in [0.4, 0.5) is 4.39 Å². The van der Waals surface area contributed by atoms with Gasteiger partial charge in [0.25, 0.3) is 5.91 Å². The summed E-state index contributed by atoms with van der Waals surface area (Å²) in [6.45, 7) is 5.57. The Labute approximate surface area is 183 Å². The number of methoxy groups -OCH3 is 1. The predicted octanol–water partition coefficient (Wildman–Crippen LogP) is 3.94. The molecule has 0 aliphatic carbocycles. The lowest BCUT2D eigenvalue weighted by atomic mass is 10.1. The van der Waals surface area contributed by atoms with E-state index < -0.39 is 17.8 Å². The monoisotopic (exact) mass is 430 g/mol. The highest BCUT2D eigenvalue weighted by Crippen LogP contribution is 2.19. The second kappa shape index (κ2) is 11.9. The standard InChI is InChI=1S/C24H31FN2O4/c1-5-17(3)26-24(29)21(6-2)27(15-18-10-9-11-19(14-18)30-4)23(28)16-31-22-13-8-7-12-20(22)25/h7-14,17,21H,5-6,15-16H2,1-4H3,(H,26,29)/t17-,21+/m1/s1. The van der Waals surface area contributed by atoms with Crippen LogP contribution in [0.1, 0.15) is 39.2 Å². The largest absolute Gasteiger partial charge is 0.497 e. The molecule has 0 saturated carbocycles. The van der Waals surface area contributed by atoms with E-state index >= 15 is 0 Å². The summed E-state index contributed by atoms with van der Waals surface area (Å²) in [7, 11) is 1.57. The fourth-order valence-electron chi connectivity index (χ4n) is 3.11. The molecule has 0 heterocycles. The van der Waals surface area contributed by atoms with Crippen molar-refractivity contribution in [1.82, 2.24) is 10.2 Å². The number of amides is 2. The lowest BCUT2D eigenvalue weighted by Gasteiger charge is -2.31. The van der Waals surface area contributed by atoms with Crippen LogP contribution in [0.25, 0.3) is 0 Å². The van der Waals surface area contributed by atoms with Crippen LogP contribution in [-0.4, -0.2) is 42.5 Å². The van der Waals surface area contributed by atoms with E-state index in [0.29, 0.717) is 12.2 Å². The maximum absolute atomic E-state index is 13.9. The highest BCUT2D eigenvalue weighted by Gasteiger charge is 2.29. The van der Waals surface area contributed by atoms with E-state index in [1.165, 1.54) is 17.0 Å². The number of ether oxygens (including phenoxy) is 2. The number of para-hydroxylation sites is 1. The van der Waals surface area contributed by atoms with Gasteiger partial charge in [0, 0.05) is 12.6 Å². The van der Waals surface area contributed by atoms with Crippen molar-refractivity contribution in [1.29, 1.82) is 0 Å². The molecule has 31 heavy (non-hydrogen) atoms. The number of hydrogen-bond donors (Lipinski definition) is 1. The number of rotatable bonds is 11. The molecule has 0 aliphatic heterocycles. The number of carbonyl (C=O) groups is 2. The predicted molar refractivity (Wildman–Crippen MR) is 117 cm³/mol. The van der Waals surface area contributed by atoms with Crippen molar-refractivity contribution in [2.75, 3.05) is 13.7 Å². The summed E-state index contributed by atoms with van der Waals surface area (Å²) in [6.07, 6.45) is 1.21. The molecule has 0 aliphatic rings. The average Bonchev–Trinajstić information content (AvgIpc) is 2.78. The molecule has 6 nitrogen and oxygen atoms in total. The molecule has 0 spiro atoms. The van der Waals surface area contributed by atoms with Gasteiger partial charge in [-0.15, -0.1) is 0 Å². The number of hydrogen-bond acceptors (Lipinski definition) is 4. The quantitative estimate of drug-likeness (QED) is 0.586. The first-order valence-electron chi connectivity index (χ1n) is 10.5. The normalized spacial score (nSPS) is 12.5. The lowest BCUT2D eigenvalue weighted by molar-refractivity contribution is -0.143. The van der Waals surface area contributed by atoms with Crippen molar-refractivity contribution < 1.29 is 23.5 Å². The molecule has 2 atom stereocenters. The topological polar surface area (TPSA) is 67.9 Å². The highest BCUT2D eigenvalue weighted by atomic mass is 19.1. The van der Waals surface area contributed by atoms with E-state index in [2.05, 4.69) is 5.32 Å². The third-order valence-electron chi connectivity index (χ3n) is 5.06. The highest BCUT2D eigenvalue weighted by molar-refractivity contribution is 5.88. The van der Waals surface area contributed by atoms with Gasteiger partial charge in [-0.05, 0) is 49.6 Å². The van der Waals surface area contributed by atoms with Crippen molar-refractivity contribution in [2.45, 2.75) is 52.2 Å². The molecule has 0 aromatic heterocycles. The molecule has 0 saturated heterocycles. The van der Waals surface area contributed by atoms with E-state index in [4.69, 9.17) is 9.47 Å². The number of nitrogens with one attached hydrogen (secondary N) is 1. The van der Waals surface area contributed by atoms with Crippen LogP contribution in [0.2, 0.25) is 0 Å². The van der Waals surface area contributed by atoms with Gasteiger partial charge in [-0.3, -0.25) is 9.59 Å². The Bertz CT molecular complexity index is 874. The summed E-state index contributed by atoms with van der Waals surface area (Å²) < 4.78 is 24.6. The van der Waals surface area contributed by atoms with Crippen molar-refractivity contribution in [3.05, 3.63) is 59.9 Å². The Balaban J connectivity index is 2.25.